The van der Waals surface area contributed by atoms with Crippen molar-refractivity contribution in [1.82, 2.24) is 0 Å². The second-order valence-electron chi connectivity index (χ2n) is 6.42. The average molecular weight is 292 g/mol. The van der Waals surface area contributed by atoms with Crippen LogP contribution in [0.2, 0.25) is 0 Å². The van der Waals surface area contributed by atoms with Gasteiger partial charge in [0.1, 0.15) is 0 Å². The summed E-state index contributed by atoms with van der Waals surface area (Å²) in [6.07, 6.45) is 3.53. The van der Waals surface area contributed by atoms with Crippen LogP contribution in [-0.2, 0) is 19.1 Å². The number of rotatable bonds is 6. The maximum absolute atomic E-state index is 11.5. The van der Waals surface area contributed by atoms with Crippen LogP contribution in [0.1, 0.15) is 33.1 Å². The van der Waals surface area contributed by atoms with Crippen molar-refractivity contribution in [2.45, 2.75) is 33.1 Å². The molecule has 0 radical (unpaired) electrons. The highest BCUT2D eigenvalue weighted by Crippen LogP contribution is 2.52. The Balaban J connectivity index is 1.91. The SMILES string of the molecule is C=C(C)C(=O)OCC1C2CCC(C2)C1COC(=O)C(=C)C. The fourth-order valence-corrected chi connectivity index (χ4v) is 3.64. The van der Waals surface area contributed by atoms with Crippen molar-refractivity contribution >= 4 is 11.9 Å². The van der Waals surface area contributed by atoms with Gasteiger partial charge in [-0.2, -0.15) is 0 Å². The van der Waals surface area contributed by atoms with Gasteiger partial charge in [0.25, 0.3) is 0 Å². The van der Waals surface area contributed by atoms with Gasteiger partial charge in [0.15, 0.2) is 0 Å². The minimum Gasteiger partial charge on any atom is -0.462 e. The lowest BCUT2D eigenvalue weighted by molar-refractivity contribution is -0.145. The van der Waals surface area contributed by atoms with E-state index in [1.807, 2.05) is 0 Å². The normalized spacial score (nSPS) is 30.0. The third-order valence-corrected chi connectivity index (χ3v) is 4.79. The van der Waals surface area contributed by atoms with E-state index in [2.05, 4.69) is 13.2 Å². The zero-order valence-electron chi connectivity index (χ0n) is 12.9. The molecule has 0 aromatic heterocycles. The quantitative estimate of drug-likeness (QED) is 0.558. The number of carbonyl (C=O) groups is 2. The van der Waals surface area contributed by atoms with Crippen LogP contribution in [0.15, 0.2) is 24.3 Å². The molecule has 4 nitrogen and oxygen atoms in total. The first kappa shape index (κ1) is 15.8. The van der Waals surface area contributed by atoms with Crippen molar-refractivity contribution in [3.63, 3.8) is 0 Å². The van der Waals surface area contributed by atoms with Crippen LogP contribution in [0.4, 0.5) is 0 Å². The fraction of sp³-hybridized carbons (Fsp3) is 0.647. The fourth-order valence-electron chi connectivity index (χ4n) is 3.64. The summed E-state index contributed by atoms with van der Waals surface area (Å²) in [5.41, 5.74) is 0.840. The Kier molecular flexibility index (Phi) is 4.86. The molecule has 4 heteroatoms. The maximum atomic E-state index is 11.5. The summed E-state index contributed by atoms with van der Waals surface area (Å²) in [4.78, 5) is 23.1. The van der Waals surface area contributed by atoms with E-state index >= 15 is 0 Å². The number of hydrogen-bond acceptors (Lipinski definition) is 4. The summed E-state index contributed by atoms with van der Waals surface area (Å²) in [7, 11) is 0. The summed E-state index contributed by atoms with van der Waals surface area (Å²) in [5, 5.41) is 0. The van der Waals surface area contributed by atoms with E-state index < -0.39 is 0 Å². The third-order valence-electron chi connectivity index (χ3n) is 4.79. The molecule has 116 valence electrons. The Morgan fingerprint density at radius 1 is 0.905 bits per heavy atom. The topological polar surface area (TPSA) is 52.6 Å². The zero-order valence-corrected chi connectivity index (χ0v) is 12.9. The Morgan fingerprint density at radius 2 is 1.29 bits per heavy atom. The number of carbonyl (C=O) groups excluding carboxylic acids is 2. The molecular formula is C17H24O4. The molecular weight excluding hydrogens is 268 g/mol. The smallest absolute Gasteiger partial charge is 0.333 e. The summed E-state index contributed by atoms with van der Waals surface area (Å²) >= 11 is 0. The van der Waals surface area contributed by atoms with E-state index in [-0.39, 0.29) is 11.9 Å². The lowest BCUT2D eigenvalue weighted by Gasteiger charge is -2.30. The molecule has 21 heavy (non-hydrogen) atoms. The highest BCUT2D eigenvalue weighted by atomic mass is 16.5. The summed E-state index contributed by atoms with van der Waals surface area (Å²) in [6, 6.07) is 0. The van der Waals surface area contributed by atoms with E-state index in [0.29, 0.717) is 48.0 Å². The van der Waals surface area contributed by atoms with Crippen molar-refractivity contribution < 1.29 is 19.1 Å². The van der Waals surface area contributed by atoms with Crippen molar-refractivity contribution in [3.05, 3.63) is 24.3 Å². The molecule has 2 rings (SSSR count). The van der Waals surface area contributed by atoms with Gasteiger partial charge in [-0.15, -0.1) is 0 Å². The van der Waals surface area contributed by atoms with Crippen LogP contribution < -0.4 is 0 Å². The largest absolute Gasteiger partial charge is 0.462 e. The molecule has 2 bridgehead atoms. The molecule has 0 N–H and O–H groups in total. The molecule has 0 spiro atoms. The van der Waals surface area contributed by atoms with Crippen LogP contribution in [0.3, 0.4) is 0 Å². The molecule has 2 saturated carbocycles. The lowest BCUT2D eigenvalue weighted by atomic mass is 9.80. The van der Waals surface area contributed by atoms with Gasteiger partial charge in [-0.1, -0.05) is 13.2 Å². The number of fused-ring (bicyclic) bond motifs is 2. The van der Waals surface area contributed by atoms with E-state index in [1.165, 1.54) is 12.8 Å². The molecule has 0 heterocycles. The summed E-state index contributed by atoms with van der Waals surface area (Å²) in [6.45, 7) is 11.3. The zero-order chi connectivity index (χ0) is 15.6. The molecule has 4 unspecified atom stereocenters. The third kappa shape index (κ3) is 3.55. The standard InChI is InChI=1S/C17H24O4/c1-10(2)16(18)20-8-14-12-5-6-13(7-12)15(14)9-21-17(19)11(3)4/h12-15H,1,3,5-9H2,2,4H3. The number of ether oxygens (including phenoxy) is 2. The lowest BCUT2D eigenvalue weighted by Crippen LogP contribution is -2.31. The predicted octanol–water partition coefficient (Wildman–Crippen LogP) is 2.89. The highest BCUT2D eigenvalue weighted by molar-refractivity contribution is 5.87. The first-order chi connectivity index (χ1) is 9.90. The number of hydrogen-bond donors (Lipinski definition) is 0. The summed E-state index contributed by atoms with van der Waals surface area (Å²) < 4.78 is 10.7. The highest BCUT2D eigenvalue weighted by Gasteiger charge is 2.48. The van der Waals surface area contributed by atoms with Crippen molar-refractivity contribution in [2.24, 2.45) is 23.7 Å². The Morgan fingerprint density at radius 3 is 1.62 bits per heavy atom. The molecule has 2 aliphatic carbocycles. The van der Waals surface area contributed by atoms with E-state index in [1.54, 1.807) is 13.8 Å². The van der Waals surface area contributed by atoms with Crippen LogP contribution in [0.25, 0.3) is 0 Å². The molecule has 2 aliphatic rings. The van der Waals surface area contributed by atoms with Crippen molar-refractivity contribution in [3.8, 4) is 0 Å². The second kappa shape index (κ2) is 6.46. The van der Waals surface area contributed by atoms with E-state index in [0.717, 1.165) is 6.42 Å². The first-order valence-corrected chi connectivity index (χ1v) is 7.55. The monoisotopic (exact) mass is 292 g/mol. The van der Waals surface area contributed by atoms with E-state index in [4.69, 9.17) is 9.47 Å². The maximum Gasteiger partial charge on any atom is 0.333 e. The van der Waals surface area contributed by atoms with Gasteiger partial charge in [0.2, 0.25) is 0 Å². The van der Waals surface area contributed by atoms with E-state index in [9.17, 15) is 9.59 Å². The van der Waals surface area contributed by atoms with Crippen LogP contribution in [0, 0.1) is 23.7 Å². The van der Waals surface area contributed by atoms with Gasteiger partial charge in [0, 0.05) is 23.0 Å². The van der Waals surface area contributed by atoms with Gasteiger partial charge >= 0.3 is 11.9 Å². The minimum absolute atomic E-state index is 0.296. The van der Waals surface area contributed by atoms with Gasteiger partial charge in [-0.05, 0) is 44.9 Å². The minimum atomic E-state index is -0.338. The van der Waals surface area contributed by atoms with Gasteiger partial charge in [-0.3, -0.25) is 0 Å². The molecule has 0 saturated heterocycles. The molecule has 2 fully saturated rings. The van der Waals surface area contributed by atoms with Gasteiger partial charge in [0.05, 0.1) is 13.2 Å². The van der Waals surface area contributed by atoms with Gasteiger partial charge < -0.3 is 9.47 Å². The van der Waals surface area contributed by atoms with Gasteiger partial charge in [-0.25, -0.2) is 9.59 Å². The van der Waals surface area contributed by atoms with Crippen LogP contribution >= 0.6 is 0 Å². The molecule has 0 amide bonds. The summed E-state index contributed by atoms with van der Waals surface area (Å²) in [5.74, 6) is 1.09. The number of esters is 2. The molecule has 4 atom stereocenters. The molecule has 0 aromatic carbocycles. The average Bonchev–Trinajstić information content (AvgIpc) is 3.02. The van der Waals surface area contributed by atoms with Crippen LogP contribution in [-0.4, -0.2) is 25.2 Å². The van der Waals surface area contributed by atoms with Crippen LogP contribution in [0.5, 0.6) is 0 Å². The van der Waals surface area contributed by atoms with Crippen molar-refractivity contribution in [2.75, 3.05) is 13.2 Å². The van der Waals surface area contributed by atoms with Crippen molar-refractivity contribution in [1.29, 1.82) is 0 Å². The Bertz CT molecular complexity index is 423. The Labute approximate surface area is 126 Å². The molecule has 0 aromatic rings. The Hall–Kier alpha value is -1.58. The molecule has 0 aliphatic heterocycles. The first-order valence-electron chi connectivity index (χ1n) is 7.55. The predicted molar refractivity (Wildman–Crippen MR) is 79.4 cm³/mol. The second-order valence-corrected chi connectivity index (χ2v) is 6.42.